The van der Waals surface area contributed by atoms with Gasteiger partial charge in [0.15, 0.2) is 24.7 Å². The summed E-state index contributed by atoms with van der Waals surface area (Å²) < 4.78 is 15.3. The van der Waals surface area contributed by atoms with Crippen LogP contribution in [0.3, 0.4) is 0 Å². The van der Waals surface area contributed by atoms with Crippen LogP contribution in [0.5, 0.6) is 11.5 Å². The van der Waals surface area contributed by atoms with Crippen molar-refractivity contribution in [3.63, 3.8) is 0 Å². The highest BCUT2D eigenvalue weighted by atomic mass is 16.6. The molecule has 0 aliphatic heterocycles. The predicted molar refractivity (Wildman–Crippen MR) is 103 cm³/mol. The highest BCUT2D eigenvalue weighted by Gasteiger charge is 2.12. The van der Waals surface area contributed by atoms with E-state index in [1.165, 1.54) is 38.4 Å². The zero-order valence-corrected chi connectivity index (χ0v) is 15.9. The van der Waals surface area contributed by atoms with E-state index in [1.54, 1.807) is 18.2 Å². The summed E-state index contributed by atoms with van der Waals surface area (Å²) in [6.45, 7) is -0.968. The van der Waals surface area contributed by atoms with Crippen molar-refractivity contribution in [2.45, 2.75) is 0 Å². The zero-order chi connectivity index (χ0) is 21.2. The van der Waals surface area contributed by atoms with Gasteiger partial charge in [0, 0.05) is 23.9 Å². The predicted octanol–water partition coefficient (Wildman–Crippen LogP) is 1.43. The second-order valence-corrected chi connectivity index (χ2v) is 5.69. The second-order valence-electron chi connectivity index (χ2n) is 5.69. The van der Waals surface area contributed by atoms with Crippen LogP contribution in [-0.4, -0.2) is 51.4 Å². The number of anilines is 1. The molecule has 0 fully saturated rings. The fourth-order valence-corrected chi connectivity index (χ4v) is 2.28. The molecule has 9 nitrogen and oxygen atoms in total. The van der Waals surface area contributed by atoms with Crippen molar-refractivity contribution < 1.29 is 33.4 Å². The summed E-state index contributed by atoms with van der Waals surface area (Å²) in [4.78, 5) is 46.1. The molecule has 152 valence electrons. The fraction of sp³-hybridized carbons (Fsp3) is 0.200. The molecule has 9 heteroatoms. The summed E-state index contributed by atoms with van der Waals surface area (Å²) >= 11 is 0. The van der Waals surface area contributed by atoms with E-state index in [0.717, 1.165) is 0 Å². The van der Waals surface area contributed by atoms with Crippen molar-refractivity contribution >= 4 is 29.8 Å². The average Bonchev–Trinajstić information content (AvgIpc) is 2.75. The maximum atomic E-state index is 11.9. The summed E-state index contributed by atoms with van der Waals surface area (Å²) in [7, 11) is 2.90. The lowest BCUT2D eigenvalue weighted by Crippen LogP contribution is -2.24. The van der Waals surface area contributed by atoms with Crippen molar-refractivity contribution in [1.82, 2.24) is 5.32 Å². The second kappa shape index (κ2) is 10.5. The van der Waals surface area contributed by atoms with E-state index >= 15 is 0 Å². The number of benzene rings is 2. The Bertz CT molecular complexity index is 911. The van der Waals surface area contributed by atoms with Crippen LogP contribution in [0.2, 0.25) is 0 Å². The number of methoxy groups -OCH3 is 1. The lowest BCUT2D eigenvalue weighted by atomic mass is 10.2. The minimum Gasteiger partial charge on any atom is -0.493 e. The van der Waals surface area contributed by atoms with Crippen LogP contribution in [0.25, 0.3) is 0 Å². The number of aldehydes is 1. The molecule has 0 spiro atoms. The van der Waals surface area contributed by atoms with E-state index in [2.05, 4.69) is 10.6 Å². The Kier molecular flexibility index (Phi) is 7.72. The standard InChI is InChI=1S/C20H20N2O7/c1-21-20(26)14-4-3-5-15(9-14)22-18(24)11-29-19(25)12-28-16-7-6-13(10-23)8-17(16)27-2/h3-10H,11-12H2,1-2H3,(H,21,26)(H,22,24). The van der Waals surface area contributed by atoms with Gasteiger partial charge in [0.2, 0.25) is 0 Å². The third-order valence-corrected chi connectivity index (χ3v) is 3.67. The number of esters is 1. The van der Waals surface area contributed by atoms with Gasteiger partial charge in [-0.2, -0.15) is 0 Å². The molecule has 2 aromatic carbocycles. The SMILES string of the molecule is CNC(=O)c1cccc(NC(=O)COC(=O)COc2ccc(C=O)cc2OC)c1. The monoisotopic (exact) mass is 400 g/mol. The molecule has 2 aromatic rings. The highest BCUT2D eigenvalue weighted by Crippen LogP contribution is 2.27. The van der Waals surface area contributed by atoms with Gasteiger partial charge in [-0.1, -0.05) is 6.07 Å². The first-order chi connectivity index (χ1) is 14.0. The molecule has 0 atom stereocenters. The molecular weight excluding hydrogens is 380 g/mol. The Morgan fingerprint density at radius 3 is 2.52 bits per heavy atom. The first kappa shape index (κ1) is 21.4. The van der Waals surface area contributed by atoms with Gasteiger partial charge in [-0.05, 0) is 36.4 Å². The molecule has 0 aliphatic rings. The zero-order valence-electron chi connectivity index (χ0n) is 15.9. The van der Waals surface area contributed by atoms with Gasteiger partial charge in [-0.25, -0.2) is 4.79 Å². The Morgan fingerprint density at radius 2 is 1.83 bits per heavy atom. The molecule has 0 unspecified atom stereocenters. The number of hydrogen-bond donors (Lipinski definition) is 2. The Balaban J connectivity index is 1.83. The molecule has 0 saturated heterocycles. The number of ether oxygens (including phenoxy) is 3. The van der Waals surface area contributed by atoms with Gasteiger partial charge in [-0.3, -0.25) is 14.4 Å². The number of hydrogen-bond acceptors (Lipinski definition) is 7. The van der Waals surface area contributed by atoms with Crippen molar-refractivity contribution in [3.05, 3.63) is 53.6 Å². The Morgan fingerprint density at radius 1 is 1.03 bits per heavy atom. The van der Waals surface area contributed by atoms with E-state index in [9.17, 15) is 19.2 Å². The maximum Gasteiger partial charge on any atom is 0.344 e. The van der Waals surface area contributed by atoms with Crippen molar-refractivity contribution in [3.8, 4) is 11.5 Å². The minimum absolute atomic E-state index is 0.255. The van der Waals surface area contributed by atoms with Crippen LogP contribution in [0.15, 0.2) is 42.5 Å². The first-order valence-corrected chi connectivity index (χ1v) is 8.50. The summed E-state index contributed by atoms with van der Waals surface area (Å²) in [6, 6.07) is 10.8. The van der Waals surface area contributed by atoms with Crippen molar-refractivity contribution in [2.24, 2.45) is 0 Å². The molecule has 2 rings (SSSR count). The summed E-state index contributed by atoms with van der Waals surface area (Å²) in [5.41, 5.74) is 1.17. The van der Waals surface area contributed by atoms with E-state index in [-0.39, 0.29) is 17.4 Å². The van der Waals surface area contributed by atoms with Crippen LogP contribution in [0.4, 0.5) is 5.69 Å². The van der Waals surface area contributed by atoms with Gasteiger partial charge in [0.25, 0.3) is 11.8 Å². The smallest absolute Gasteiger partial charge is 0.344 e. The molecule has 29 heavy (non-hydrogen) atoms. The van der Waals surface area contributed by atoms with E-state index < -0.39 is 25.1 Å². The van der Waals surface area contributed by atoms with E-state index in [1.807, 2.05) is 0 Å². The number of rotatable bonds is 9. The van der Waals surface area contributed by atoms with Gasteiger partial charge in [0.1, 0.15) is 6.29 Å². The number of amides is 2. The Labute approximate surface area is 166 Å². The van der Waals surface area contributed by atoms with Crippen LogP contribution >= 0.6 is 0 Å². The minimum atomic E-state index is -0.763. The number of carbonyl (C=O) groups excluding carboxylic acids is 4. The molecule has 0 bridgehead atoms. The molecular formula is C20H20N2O7. The topological polar surface area (TPSA) is 120 Å². The quantitative estimate of drug-likeness (QED) is 0.483. The molecule has 2 amide bonds. The van der Waals surface area contributed by atoms with Gasteiger partial charge >= 0.3 is 5.97 Å². The number of nitrogens with one attached hydrogen (secondary N) is 2. The van der Waals surface area contributed by atoms with Gasteiger partial charge in [-0.15, -0.1) is 0 Å². The van der Waals surface area contributed by atoms with Crippen LogP contribution in [-0.2, 0) is 14.3 Å². The molecule has 2 N–H and O–H groups in total. The summed E-state index contributed by atoms with van der Waals surface area (Å²) in [5, 5.41) is 5.01. The lowest BCUT2D eigenvalue weighted by molar-refractivity contribution is -0.149. The van der Waals surface area contributed by atoms with Crippen molar-refractivity contribution in [1.29, 1.82) is 0 Å². The molecule has 0 radical (unpaired) electrons. The number of carbonyl (C=O) groups is 4. The maximum absolute atomic E-state index is 11.9. The normalized spacial score (nSPS) is 9.86. The molecule has 0 aromatic heterocycles. The average molecular weight is 400 g/mol. The summed E-state index contributed by atoms with van der Waals surface area (Å²) in [5.74, 6) is -1.08. The fourth-order valence-electron chi connectivity index (χ4n) is 2.28. The van der Waals surface area contributed by atoms with Crippen LogP contribution in [0.1, 0.15) is 20.7 Å². The van der Waals surface area contributed by atoms with E-state index in [0.29, 0.717) is 23.1 Å². The third kappa shape index (κ3) is 6.35. The Hall–Kier alpha value is -3.88. The molecule has 0 aliphatic carbocycles. The highest BCUT2D eigenvalue weighted by molar-refractivity contribution is 5.97. The first-order valence-electron chi connectivity index (χ1n) is 8.50. The van der Waals surface area contributed by atoms with Crippen LogP contribution < -0.4 is 20.1 Å². The molecule has 0 heterocycles. The molecule has 0 saturated carbocycles. The van der Waals surface area contributed by atoms with Gasteiger partial charge in [0.05, 0.1) is 7.11 Å². The largest absolute Gasteiger partial charge is 0.493 e. The van der Waals surface area contributed by atoms with Crippen molar-refractivity contribution in [2.75, 3.05) is 32.7 Å². The lowest BCUT2D eigenvalue weighted by Gasteiger charge is -2.11. The summed E-state index contributed by atoms with van der Waals surface area (Å²) in [6.07, 6.45) is 0.656. The van der Waals surface area contributed by atoms with Crippen LogP contribution in [0, 0.1) is 0 Å². The van der Waals surface area contributed by atoms with Gasteiger partial charge < -0.3 is 24.8 Å². The third-order valence-electron chi connectivity index (χ3n) is 3.67. The van der Waals surface area contributed by atoms with E-state index in [4.69, 9.17) is 14.2 Å².